The summed E-state index contributed by atoms with van der Waals surface area (Å²) in [7, 11) is 0. The van der Waals surface area contributed by atoms with Crippen LogP contribution in [-0.4, -0.2) is 0 Å². The van der Waals surface area contributed by atoms with Gasteiger partial charge in [-0.15, -0.1) is 90.7 Å². The van der Waals surface area contributed by atoms with Crippen LogP contribution in [0.15, 0.2) is 10.8 Å². The highest BCUT2D eigenvalue weighted by Gasteiger charge is 2.26. The lowest BCUT2D eigenvalue weighted by atomic mass is 10.1. The SMILES string of the molecule is Cc1csc2c(C)c(-c3sc4c(C)c(-c5sc6c(C)c(-c7sc8c(C)csc8c7C)sc6c5C)sc4c3C)sc12. The predicted molar refractivity (Wildman–Crippen MR) is 194 cm³/mol. The molecule has 8 rings (SSSR count). The highest BCUT2D eigenvalue weighted by atomic mass is 32.1. The summed E-state index contributed by atoms with van der Waals surface area (Å²) in [4.78, 5) is 8.87. The molecule has 8 heteroatoms. The van der Waals surface area contributed by atoms with Crippen LogP contribution in [0.2, 0.25) is 0 Å². The summed E-state index contributed by atoms with van der Waals surface area (Å²) in [6.45, 7) is 18.5. The number of rotatable bonds is 3. The molecule has 0 saturated carbocycles. The molecule has 0 aliphatic heterocycles. The van der Waals surface area contributed by atoms with Crippen molar-refractivity contribution in [3.63, 3.8) is 0 Å². The summed E-state index contributed by atoms with van der Waals surface area (Å²) >= 11 is 15.9. The van der Waals surface area contributed by atoms with Gasteiger partial charge in [-0.25, -0.2) is 0 Å². The Morgan fingerprint density at radius 3 is 0.775 bits per heavy atom. The second-order valence-electron chi connectivity index (χ2n) is 10.8. The predicted octanol–water partition coefficient (Wildman–Crippen LogP) is 14.3. The Labute approximate surface area is 265 Å². The maximum atomic E-state index is 2.35. The Hall–Kier alpha value is -1.36. The monoisotopic (exact) mass is 666 g/mol. The number of fused-ring (bicyclic) bond motifs is 4. The average Bonchev–Trinajstić information content (AvgIpc) is 3.78. The minimum atomic E-state index is 1.42. The van der Waals surface area contributed by atoms with Crippen LogP contribution in [0.5, 0.6) is 0 Å². The van der Waals surface area contributed by atoms with Gasteiger partial charge >= 0.3 is 0 Å². The van der Waals surface area contributed by atoms with E-state index in [9.17, 15) is 0 Å². The van der Waals surface area contributed by atoms with Gasteiger partial charge in [0.15, 0.2) is 0 Å². The fraction of sp³-hybridized carbons (Fsp3) is 0.250. The number of hydrogen-bond donors (Lipinski definition) is 0. The van der Waals surface area contributed by atoms with E-state index in [1.807, 2.05) is 90.7 Å². The van der Waals surface area contributed by atoms with E-state index in [1.54, 1.807) is 0 Å². The first-order chi connectivity index (χ1) is 19.2. The van der Waals surface area contributed by atoms with Gasteiger partial charge in [0.05, 0.1) is 0 Å². The highest BCUT2D eigenvalue weighted by molar-refractivity contribution is 7.38. The first kappa shape index (κ1) is 26.3. The van der Waals surface area contributed by atoms with Crippen LogP contribution in [0.4, 0.5) is 0 Å². The second-order valence-corrected chi connectivity index (χ2v) is 18.7. The Kier molecular flexibility index (Phi) is 5.96. The lowest BCUT2D eigenvalue weighted by Gasteiger charge is -2.02. The van der Waals surface area contributed by atoms with Gasteiger partial charge in [-0.3, -0.25) is 0 Å². The van der Waals surface area contributed by atoms with Crippen LogP contribution >= 0.6 is 90.7 Å². The zero-order valence-electron chi connectivity index (χ0n) is 23.4. The van der Waals surface area contributed by atoms with E-state index >= 15 is 0 Å². The summed E-state index contributed by atoms with van der Waals surface area (Å²) < 4.78 is 11.8. The molecule has 0 radical (unpaired) electrons. The van der Waals surface area contributed by atoms with Crippen molar-refractivity contribution in [2.75, 3.05) is 0 Å². The van der Waals surface area contributed by atoms with E-state index in [4.69, 9.17) is 0 Å². The molecule has 0 bridgehead atoms. The molecule has 0 fully saturated rings. The third-order valence-electron chi connectivity index (χ3n) is 8.18. The Morgan fingerprint density at radius 1 is 0.300 bits per heavy atom. The molecular weight excluding hydrogens is 641 g/mol. The lowest BCUT2D eigenvalue weighted by molar-refractivity contribution is 1.56. The van der Waals surface area contributed by atoms with Crippen molar-refractivity contribution in [2.24, 2.45) is 0 Å². The van der Waals surface area contributed by atoms with Crippen molar-refractivity contribution >= 4 is 128 Å². The van der Waals surface area contributed by atoms with E-state index < -0.39 is 0 Å². The number of aryl methyl sites for hydroxylation is 8. The summed E-state index contributed by atoms with van der Waals surface area (Å²) in [6, 6.07) is 0. The van der Waals surface area contributed by atoms with Gasteiger partial charge in [0, 0.05) is 66.9 Å². The van der Waals surface area contributed by atoms with Gasteiger partial charge in [0.2, 0.25) is 0 Å². The molecule has 8 aromatic heterocycles. The number of hydrogen-bond acceptors (Lipinski definition) is 8. The van der Waals surface area contributed by atoms with Crippen LogP contribution in [0.3, 0.4) is 0 Å². The van der Waals surface area contributed by atoms with E-state index in [1.165, 1.54) is 111 Å². The quantitative estimate of drug-likeness (QED) is 0.176. The van der Waals surface area contributed by atoms with Crippen molar-refractivity contribution < 1.29 is 0 Å². The minimum Gasteiger partial charge on any atom is -0.142 e. The van der Waals surface area contributed by atoms with Gasteiger partial charge in [-0.2, -0.15) is 0 Å². The van der Waals surface area contributed by atoms with Crippen LogP contribution in [0.1, 0.15) is 44.5 Å². The molecule has 0 N–H and O–H groups in total. The van der Waals surface area contributed by atoms with E-state index in [0.29, 0.717) is 0 Å². The largest absolute Gasteiger partial charge is 0.142 e. The molecule has 8 aromatic rings. The van der Waals surface area contributed by atoms with Crippen LogP contribution in [0.25, 0.3) is 66.9 Å². The third kappa shape index (κ3) is 3.42. The molecule has 8 heterocycles. The molecule has 0 aliphatic carbocycles. The maximum Gasteiger partial charge on any atom is 0.0496 e. The lowest BCUT2D eigenvalue weighted by Crippen LogP contribution is -1.76. The Morgan fingerprint density at radius 2 is 0.525 bits per heavy atom. The van der Waals surface area contributed by atoms with Crippen molar-refractivity contribution in [1.29, 1.82) is 0 Å². The summed E-state index contributed by atoms with van der Waals surface area (Å²) in [6.07, 6.45) is 0. The van der Waals surface area contributed by atoms with Gasteiger partial charge in [-0.1, -0.05) is 0 Å². The zero-order valence-corrected chi connectivity index (χ0v) is 30.0. The van der Waals surface area contributed by atoms with Crippen LogP contribution in [0, 0.1) is 55.4 Å². The van der Waals surface area contributed by atoms with E-state index in [2.05, 4.69) is 66.2 Å². The fourth-order valence-corrected chi connectivity index (χ4v) is 17.2. The molecule has 0 spiro atoms. The first-order valence-electron chi connectivity index (χ1n) is 13.2. The molecule has 0 saturated heterocycles. The highest BCUT2D eigenvalue weighted by Crippen LogP contribution is 2.56. The normalized spacial score (nSPS) is 12.5. The van der Waals surface area contributed by atoms with Gasteiger partial charge in [-0.05, 0) is 111 Å². The third-order valence-corrected chi connectivity index (χ3v) is 20.1. The van der Waals surface area contributed by atoms with Crippen molar-refractivity contribution in [3.8, 4) is 29.3 Å². The standard InChI is InChI=1S/C32H26S8/c1-11-9-33-21-13(3)23(35-19(11)21)25-15(5)27-29(37-25)17(7)31(39-27)32-18(8)30-28(40-32)16(6)26(38-30)24-14(4)22-20(36-24)12(2)10-34-22/h9-10H,1-8H3. The molecule has 40 heavy (non-hydrogen) atoms. The van der Waals surface area contributed by atoms with E-state index in [-0.39, 0.29) is 0 Å². The molecule has 0 nitrogen and oxygen atoms in total. The summed E-state index contributed by atoms with van der Waals surface area (Å²) in [5.74, 6) is 0. The Balaban J connectivity index is 1.25. The van der Waals surface area contributed by atoms with Crippen LogP contribution in [-0.2, 0) is 0 Å². The van der Waals surface area contributed by atoms with E-state index in [0.717, 1.165) is 0 Å². The molecular formula is C32H26S8. The molecule has 0 unspecified atom stereocenters. The fourth-order valence-electron chi connectivity index (χ4n) is 5.80. The van der Waals surface area contributed by atoms with Gasteiger partial charge in [0.1, 0.15) is 0 Å². The average molecular weight is 667 g/mol. The van der Waals surface area contributed by atoms with Crippen molar-refractivity contribution in [2.45, 2.75) is 55.4 Å². The number of thiophene rings is 8. The van der Waals surface area contributed by atoms with Gasteiger partial charge in [0.25, 0.3) is 0 Å². The maximum absolute atomic E-state index is 2.35. The Bertz CT molecular complexity index is 2140. The minimum absolute atomic E-state index is 1.42. The molecule has 0 atom stereocenters. The van der Waals surface area contributed by atoms with Crippen LogP contribution < -0.4 is 0 Å². The first-order valence-corrected chi connectivity index (χ1v) is 19.8. The molecule has 0 aromatic carbocycles. The molecule has 0 amide bonds. The second kappa shape index (κ2) is 9.07. The summed E-state index contributed by atoms with van der Waals surface area (Å²) in [5.41, 5.74) is 11.6. The molecule has 0 aliphatic rings. The van der Waals surface area contributed by atoms with Gasteiger partial charge < -0.3 is 0 Å². The summed E-state index contributed by atoms with van der Waals surface area (Å²) in [5, 5.41) is 4.61. The zero-order chi connectivity index (χ0) is 27.8. The van der Waals surface area contributed by atoms with Crippen molar-refractivity contribution in [3.05, 3.63) is 55.3 Å². The van der Waals surface area contributed by atoms with Crippen molar-refractivity contribution in [1.82, 2.24) is 0 Å². The smallest absolute Gasteiger partial charge is 0.0496 e. The topological polar surface area (TPSA) is 0 Å². The molecule has 202 valence electrons.